The summed E-state index contributed by atoms with van der Waals surface area (Å²) in [6.45, 7) is 1.95. The van der Waals surface area contributed by atoms with Crippen molar-refractivity contribution in [3.63, 3.8) is 0 Å². The van der Waals surface area contributed by atoms with Gasteiger partial charge in [0.1, 0.15) is 10.6 Å². The number of methoxy groups -OCH3 is 1. The van der Waals surface area contributed by atoms with Crippen molar-refractivity contribution in [2.75, 3.05) is 14.2 Å². The summed E-state index contributed by atoms with van der Waals surface area (Å²) in [5, 5.41) is 0. The van der Waals surface area contributed by atoms with Gasteiger partial charge in [0.05, 0.1) is 7.11 Å². The molecule has 0 spiro atoms. The Morgan fingerprint density at radius 1 is 1.45 bits per heavy atom. The van der Waals surface area contributed by atoms with Crippen LogP contribution in [0.15, 0.2) is 23.1 Å². The molecule has 1 aliphatic carbocycles. The first-order valence-electron chi connectivity index (χ1n) is 6.62. The Bertz CT molecular complexity index is 584. The summed E-state index contributed by atoms with van der Waals surface area (Å²) < 4.78 is 32.1. The molecular formula is C14H20ClNO3S. The van der Waals surface area contributed by atoms with E-state index in [1.165, 1.54) is 11.4 Å². The first-order chi connectivity index (χ1) is 9.41. The third kappa shape index (κ3) is 2.95. The fraction of sp³-hybridized carbons (Fsp3) is 0.571. The summed E-state index contributed by atoms with van der Waals surface area (Å²) in [6.07, 6.45) is 2.20. The normalized spacial score (nSPS) is 17.2. The Morgan fingerprint density at radius 3 is 2.60 bits per heavy atom. The average Bonchev–Trinajstić information content (AvgIpc) is 3.29. The van der Waals surface area contributed by atoms with Crippen molar-refractivity contribution in [2.45, 2.75) is 36.6 Å². The molecule has 0 heterocycles. The molecule has 1 aromatic carbocycles. The van der Waals surface area contributed by atoms with Crippen LogP contribution in [-0.2, 0) is 15.9 Å². The number of ether oxygens (including phenoxy) is 1. The fourth-order valence-electron chi connectivity index (χ4n) is 2.26. The number of hydrogen-bond acceptors (Lipinski definition) is 3. The van der Waals surface area contributed by atoms with Gasteiger partial charge in [-0.15, -0.1) is 11.6 Å². The van der Waals surface area contributed by atoms with Gasteiger partial charge in [-0.3, -0.25) is 0 Å². The Hall–Kier alpha value is -0.780. The van der Waals surface area contributed by atoms with Gasteiger partial charge in [-0.1, -0.05) is 6.07 Å². The van der Waals surface area contributed by atoms with Crippen LogP contribution in [0, 0.1) is 5.92 Å². The molecule has 2 rings (SSSR count). The molecule has 0 bridgehead atoms. The summed E-state index contributed by atoms with van der Waals surface area (Å²) in [5.74, 6) is 1.14. The zero-order chi connectivity index (χ0) is 14.9. The second-order valence-corrected chi connectivity index (χ2v) is 7.45. The van der Waals surface area contributed by atoms with E-state index in [-0.39, 0.29) is 10.9 Å². The lowest BCUT2D eigenvalue weighted by Gasteiger charge is -2.25. The third-order valence-electron chi connectivity index (χ3n) is 3.92. The van der Waals surface area contributed by atoms with Crippen LogP contribution in [0.25, 0.3) is 0 Å². The van der Waals surface area contributed by atoms with Crippen molar-refractivity contribution in [3.8, 4) is 5.75 Å². The minimum atomic E-state index is -3.55. The highest BCUT2D eigenvalue weighted by molar-refractivity contribution is 7.89. The van der Waals surface area contributed by atoms with E-state index in [4.69, 9.17) is 16.3 Å². The number of benzene rings is 1. The van der Waals surface area contributed by atoms with E-state index < -0.39 is 10.0 Å². The summed E-state index contributed by atoms with van der Waals surface area (Å²) >= 11 is 5.77. The van der Waals surface area contributed by atoms with E-state index in [9.17, 15) is 8.42 Å². The standard InChI is InChI=1S/C14H20ClNO3S/c1-10(12-5-6-12)16(2)20(17,18)14-7-4-11(9-15)8-13(14)19-3/h4,7-8,10,12H,5-6,9H2,1-3H3. The van der Waals surface area contributed by atoms with Crippen LogP contribution < -0.4 is 4.74 Å². The Balaban J connectivity index is 2.37. The SMILES string of the molecule is COc1cc(CCl)ccc1S(=O)(=O)N(C)C(C)C1CC1. The van der Waals surface area contributed by atoms with Gasteiger partial charge in [0.15, 0.2) is 0 Å². The highest BCUT2D eigenvalue weighted by Gasteiger charge is 2.37. The molecule has 1 aromatic rings. The third-order valence-corrected chi connectivity index (χ3v) is 6.21. The highest BCUT2D eigenvalue weighted by Crippen LogP contribution is 2.37. The van der Waals surface area contributed by atoms with Gasteiger partial charge < -0.3 is 4.74 Å². The molecule has 6 heteroatoms. The molecule has 0 radical (unpaired) electrons. The molecule has 1 aliphatic rings. The molecule has 0 aromatic heterocycles. The largest absolute Gasteiger partial charge is 0.495 e. The van der Waals surface area contributed by atoms with Crippen LogP contribution in [0.1, 0.15) is 25.3 Å². The second-order valence-electron chi connectivity index (χ2n) is 5.22. The van der Waals surface area contributed by atoms with Gasteiger partial charge in [0, 0.05) is 19.0 Å². The molecule has 1 atom stereocenters. The monoisotopic (exact) mass is 317 g/mol. The van der Waals surface area contributed by atoms with Crippen LogP contribution >= 0.6 is 11.6 Å². The maximum Gasteiger partial charge on any atom is 0.246 e. The number of alkyl halides is 1. The van der Waals surface area contributed by atoms with Crippen molar-refractivity contribution in [1.29, 1.82) is 0 Å². The van der Waals surface area contributed by atoms with E-state index in [1.54, 1.807) is 25.2 Å². The highest BCUT2D eigenvalue weighted by atomic mass is 35.5. The number of sulfonamides is 1. The van der Waals surface area contributed by atoms with Crippen molar-refractivity contribution < 1.29 is 13.2 Å². The number of halogens is 1. The smallest absolute Gasteiger partial charge is 0.246 e. The zero-order valence-electron chi connectivity index (χ0n) is 12.0. The van der Waals surface area contributed by atoms with Crippen LogP contribution in [0.4, 0.5) is 0 Å². The first kappa shape index (κ1) is 15.6. The van der Waals surface area contributed by atoms with Crippen molar-refractivity contribution in [3.05, 3.63) is 23.8 Å². The Labute approximate surface area is 125 Å². The van der Waals surface area contributed by atoms with Crippen LogP contribution in [-0.4, -0.2) is 32.9 Å². The maximum absolute atomic E-state index is 12.7. The van der Waals surface area contributed by atoms with Gasteiger partial charge in [0.2, 0.25) is 10.0 Å². The summed E-state index contributed by atoms with van der Waals surface area (Å²) in [4.78, 5) is 0.198. The minimum Gasteiger partial charge on any atom is -0.495 e. The second kappa shape index (κ2) is 5.92. The molecule has 20 heavy (non-hydrogen) atoms. The maximum atomic E-state index is 12.7. The summed E-state index contributed by atoms with van der Waals surface area (Å²) in [5.41, 5.74) is 0.834. The predicted molar refractivity (Wildman–Crippen MR) is 79.7 cm³/mol. The molecule has 1 unspecified atom stereocenters. The van der Waals surface area contributed by atoms with Crippen LogP contribution in [0.5, 0.6) is 5.75 Å². The van der Waals surface area contributed by atoms with E-state index in [0.29, 0.717) is 17.5 Å². The van der Waals surface area contributed by atoms with E-state index in [0.717, 1.165) is 18.4 Å². The lowest BCUT2D eigenvalue weighted by molar-refractivity contribution is 0.352. The Morgan fingerprint density at radius 2 is 2.10 bits per heavy atom. The first-order valence-corrected chi connectivity index (χ1v) is 8.60. The van der Waals surface area contributed by atoms with E-state index >= 15 is 0 Å². The van der Waals surface area contributed by atoms with E-state index in [1.807, 2.05) is 6.92 Å². The lowest BCUT2D eigenvalue weighted by atomic mass is 10.2. The molecule has 112 valence electrons. The zero-order valence-corrected chi connectivity index (χ0v) is 13.5. The summed E-state index contributed by atoms with van der Waals surface area (Å²) in [7, 11) is -0.445. The summed E-state index contributed by atoms with van der Waals surface area (Å²) in [6, 6.07) is 4.98. The molecule has 0 amide bonds. The van der Waals surface area contributed by atoms with Crippen molar-refractivity contribution in [1.82, 2.24) is 4.31 Å². The number of nitrogens with zero attached hydrogens (tertiary/aromatic N) is 1. The van der Waals surface area contributed by atoms with Crippen LogP contribution in [0.2, 0.25) is 0 Å². The minimum absolute atomic E-state index is 0.0115. The van der Waals surface area contributed by atoms with Gasteiger partial charge in [-0.25, -0.2) is 8.42 Å². The topological polar surface area (TPSA) is 46.6 Å². The molecular weight excluding hydrogens is 298 g/mol. The molecule has 0 saturated heterocycles. The van der Waals surface area contributed by atoms with Crippen LogP contribution in [0.3, 0.4) is 0 Å². The van der Waals surface area contributed by atoms with Gasteiger partial charge in [-0.2, -0.15) is 4.31 Å². The van der Waals surface area contributed by atoms with Gasteiger partial charge in [-0.05, 0) is 43.4 Å². The number of hydrogen-bond donors (Lipinski definition) is 0. The fourth-order valence-corrected chi connectivity index (χ4v) is 3.98. The quantitative estimate of drug-likeness (QED) is 0.758. The van der Waals surface area contributed by atoms with Gasteiger partial charge >= 0.3 is 0 Å². The van der Waals surface area contributed by atoms with Crippen molar-refractivity contribution >= 4 is 21.6 Å². The molecule has 0 aliphatic heterocycles. The predicted octanol–water partition coefficient (Wildman–Crippen LogP) is 2.85. The van der Waals surface area contributed by atoms with Gasteiger partial charge in [0.25, 0.3) is 0 Å². The average molecular weight is 318 g/mol. The molecule has 4 nitrogen and oxygen atoms in total. The molecule has 1 fully saturated rings. The number of rotatable bonds is 6. The van der Waals surface area contributed by atoms with E-state index in [2.05, 4.69) is 0 Å². The molecule has 0 N–H and O–H groups in total. The lowest BCUT2D eigenvalue weighted by Crippen LogP contribution is -2.36. The Kier molecular flexibility index (Phi) is 4.62. The molecule has 1 saturated carbocycles. The van der Waals surface area contributed by atoms with Crippen molar-refractivity contribution in [2.24, 2.45) is 5.92 Å².